The highest BCUT2D eigenvalue weighted by molar-refractivity contribution is 5.86. The van der Waals surface area contributed by atoms with Crippen LogP contribution >= 0.6 is 0 Å². The quantitative estimate of drug-likeness (QED) is 0.440. The maximum atomic E-state index is 11.3. The summed E-state index contributed by atoms with van der Waals surface area (Å²) in [6.07, 6.45) is 6.88. The van der Waals surface area contributed by atoms with Crippen LogP contribution in [-0.2, 0) is 9.63 Å². The second-order valence-electron chi connectivity index (χ2n) is 3.15. The Labute approximate surface area is 95.6 Å². The molecule has 16 heavy (non-hydrogen) atoms. The number of benzene rings is 1. The lowest BCUT2D eigenvalue weighted by Gasteiger charge is -2.09. The van der Waals surface area contributed by atoms with Gasteiger partial charge >= 0.3 is 0 Å². The van der Waals surface area contributed by atoms with Crippen molar-refractivity contribution in [3.8, 4) is 0 Å². The summed E-state index contributed by atoms with van der Waals surface area (Å²) in [4.78, 5) is 16.0. The van der Waals surface area contributed by atoms with E-state index in [9.17, 15) is 4.79 Å². The number of rotatable bonds is 4. The maximum absolute atomic E-state index is 11.3. The van der Waals surface area contributed by atoms with Crippen molar-refractivity contribution in [3.63, 3.8) is 0 Å². The molecule has 0 radical (unpaired) electrons. The second-order valence-corrected chi connectivity index (χ2v) is 3.15. The molecule has 1 aromatic carbocycles. The number of likely N-dealkylation sites (N-methyl/N-ethyl adjacent to an activating group) is 1. The summed E-state index contributed by atoms with van der Waals surface area (Å²) in [6.45, 7) is 0. The van der Waals surface area contributed by atoms with Crippen LogP contribution in [0.15, 0.2) is 48.6 Å². The summed E-state index contributed by atoms with van der Waals surface area (Å²) >= 11 is 0. The number of nitrogens with zero attached hydrogens (tertiary/aromatic N) is 1. The predicted octanol–water partition coefficient (Wildman–Crippen LogP) is 2.28. The van der Waals surface area contributed by atoms with Crippen molar-refractivity contribution in [2.45, 2.75) is 0 Å². The third-order valence-electron chi connectivity index (χ3n) is 2.02. The van der Waals surface area contributed by atoms with Gasteiger partial charge in [-0.3, -0.25) is 9.63 Å². The number of hydrogen-bond donors (Lipinski definition) is 0. The second kappa shape index (κ2) is 6.58. The number of allylic oxidation sites excluding steroid dienone is 2. The van der Waals surface area contributed by atoms with Crippen LogP contribution in [0.2, 0.25) is 0 Å². The number of amides is 1. The van der Waals surface area contributed by atoms with Gasteiger partial charge in [0.05, 0.1) is 7.11 Å². The molecule has 0 bridgehead atoms. The van der Waals surface area contributed by atoms with Crippen LogP contribution in [0.1, 0.15) is 5.56 Å². The van der Waals surface area contributed by atoms with Crippen molar-refractivity contribution in [1.82, 2.24) is 5.06 Å². The minimum atomic E-state index is -0.194. The Morgan fingerprint density at radius 2 is 1.94 bits per heavy atom. The molecule has 0 spiro atoms. The molecule has 0 aliphatic rings. The molecule has 3 heteroatoms. The van der Waals surface area contributed by atoms with Gasteiger partial charge in [0.25, 0.3) is 5.91 Å². The molecule has 0 saturated heterocycles. The lowest BCUT2D eigenvalue weighted by Crippen LogP contribution is -2.22. The zero-order valence-electron chi connectivity index (χ0n) is 9.46. The Kier molecular flexibility index (Phi) is 5.02. The molecule has 0 aliphatic carbocycles. The first-order valence-corrected chi connectivity index (χ1v) is 4.95. The van der Waals surface area contributed by atoms with Gasteiger partial charge in [-0.2, -0.15) is 0 Å². The standard InChI is InChI=1S/C13H15NO2/c1-14(16-2)13(15)11-7-6-10-12-8-4-3-5-9-12/h3-11H,1-2H3/b10-6+,11-7+. The van der Waals surface area contributed by atoms with E-state index in [0.29, 0.717) is 0 Å². The van der Waals surface area contributed by atoms with Gasteiger partial charge in [-0.25, -0.2) is 5.06 Å². The molecule has 0 unspecified atom stereocenters. The zero-order valence-corrected chi connectivity index (χ0v) is 9.46. The van der Waals surface area contributed by atoms with Crippen molar-refractivity contribution in [3.05, 3.63) is 54.1 Å². The van der Waals surface area contributed by atoms with E-state index in [2.05, 4.69) is 0 Å². The highest BCUT2D eigenvalue weighted by atomic mass is 16.7. The third kappa shape index (κ3) is 4.11. The van der Waals surface area contributed by atoms with Gasteiger partial charge in [0.15, 0.2) is 0 Å². The predicted molar refractivity (Wildman–Crippen MR) is 64.4 cm³/mol. The summed E-state index contributed by atoms with van der Waals surface area (Å²) < 4.78 is 0. The van der Waals surface area contributed by atoms with Crippen LogP contribution in [0.5, 0.6) is 0 Å². The minimum absolute atomic E-state index is 0.194. The Balaban J connectivity index is 2.49. The van der Waals surface area contributed by atoms with Crippen LogP contribution < -0.4 is 0 Å². The summed E-state index contributed by atoms with van der Waals surface area (Å²) in [5.74, 6) is -0.194. The van der Waals surface area contributed by atoms with Crippen molar-refractivity contribution in [2.75, 3.05) is 14.2 Å². The normalized spacial score (nSPS) is 11.1. The summed E-state index contributed by atoms with van der Waals surface area (Å²) in [5.41, 5.74) is 1.10. The highest BCUT2D eigenvalue weighted by Gasteiger charge is 2.00. The lowest BCUT2D eigenvalue weighted by molar-refractivity contribution is -0.162. The molecule has 0 N–H and O–H groups in total. The van der Waals surface area contributed by atoms with E-state index in [1.807, 2.05) is 42.5 Å². The van der Waals surface area contributed by atoms with Crippen molar-refractivity contribution in [2.24, 2.45) is 0 Å². The SMILES string of the molecule is CON(C)C(=O)/C=C/C=C/c1ccccc1. The fraction of sp³-hybridized carbons (Fsp3) is 0.154. The van der Waals surface area contributed by atoms with Gasteiger partial charge < -0.3 is 0 Å². The van der Waals surface area contributed by atoms with Crippen LogP contribution in [-0.4, -0.2) is 25.1 Å². The van der Waals surface area contributed by atoms with Crippen molar-refractivity contribution < 1.29 is 9.63 Å². The highest BCUT2D eigenvalue weighted by Crippen LogP contribution is 2.00. The van der Waals surface area contributed by atoms with Gasteiger partial charge in [-0.15, -0.1) is 0 Å². The third-order valence-corrected chi connectivity index (χ3v) is 2.02. The number of carbonyl (C=O) groups excluding carboxylic acids is 1. The number of carbonyl (C=O) groups is 1. The summed E-state index contributed by atoms with van der Waals surface area (Å²) in [6, 6.07) is 9.88. The van der Waals surface area contributed by atoms with E-state index in [-0.39, 0.29) is 5.91 Å². The van der Waals surface area contributed by atoms with Gasteiger partial charge in [0.2, 0.25) is 0 Å². The largest absolute Gasteiger partial charge is 0.274 e. The first-order valence-electron chi connectivity index (χ1n) is 4.95. The average molecular weight is 217 g/mol. The van der Waals surface area contributed by atoms with Crippen molar-refractivity contribution >= 4 is 12.0 Å². The Morgan fingerprint density at radius 1 is 1.25 bits per heavy atom. The summed E-state index contributed by atoms with van der Waals surface area (Å²) in [7, 11) is 3.01. The molecule has 1 amide bonds. The summed E-state index contributed by atoms with van der Waals surface area (Å²) in [5, 5.41) is 1.16. The molecule has 0 aromatic heterocycles. The topological polar surface area (TPSA) is 29.5 Å². The molecule has 0 aliphatic heterocycles. The average Bonchev–Trinajstić information content (AvgIpc) is 2.34. The minimum Gasteiger partial charge on any atom is -0.274 e. The first kappa shape index (κ1) is 12.2. The molecule has 1 rings (SSSR count). The molecule has 0 fully saturated rings. The van der Waals surface area contributed by atoms with E-state index >= 15 is 0 Å². The first-order chi connectivity index (χ1) is 7.74. The monoisotopic (exact) mass is 217 g/mol. The molecule has 84 valence electrons. The molecule has 0 atom stereocenters. The molecule has 0 saturated carbocycles. The van der Waals surface area contributed by atoms with Gasteiger partial charge in [0, 0.05) is 13.1 Å². The van der Waals surface area contributed by atoms with Gasteiger partial charge in [-0.05, 0) is 5.56 Å². The van der Waals surface area contributed by atoms with E-state index in [4.69, 9.17) is 4.84 Å². The smallest absolute Gasteiger partial charge is 0.269 e. The Morgan fingerprint density at radius 3 is 2.56 bits per heavy atom. The molecular formula is C13H15NO2. The van der Waals surface area contributed by atoms with Crippen LogP contribution in [0, 0.1) is 0 Å². The molecule has 3 nitrogen and oxygen atoms in total. The Hall–Kier alpha value is -1.87. The van der Waals surface area contributed by atoms with Gasteiger partial charge in [-0.1, -0.05) is 48.6 Å². The van der Waals surface area contributed by atoms with Crippen LogP contribution in [0.3, 0.4) is 0 Å². The number of hydroxylamine groups is 2. The maximum Gasteiger partial charge on any atom is 0.269 e. The van der Waals surface area contributed by atoms with Gasteiger partial charge in [0.1, 0.15) is 0 Å². The van der Waals surface area contributed by atoms with E-state index in [0.717, 1.165) is 10.6 Å². The molecule has 1 aromatic rings. The molecule has 0 heterocycles. The zero-order chi connectivity index (χ0) is 11.8. The Bertz CT molecular complexity index is 382. The number of hydrogen-bond acceptors (Lipinski definition) is 2. The lowest BCUT2D eigenvalue weighted by atomic mass is 10.2. The fourth-order valence-electron chi connectivity index (χ4n) is 1.06. The van der Waals surface area contributed by atoms with Crippen molar-refractivity contribution in [1.29, 1.82) is 0 Å². The van der Waals surface area contributed by atoms with Crippen LogP contribution in [0.25, 0.3) is 6.08 Å². The fourth-order valence-corrected chi connectivity index (χ4v) is 1.06. The van der Waals surface area contributed by atoms with E-state index in [1.54, 1.807) is 13.1 Å². The van der Waals surface area contributed by atoms with Crippen LogP contribution in [0.4, 0.5) is 0 Å². The van der Waals surface area contributed by atoms with E-state index in [1.165, 1.54) is 13.2 Å². The van der Waals surface area contributed by atoms with E-state index < -0.39 is 0 Å². The molecular weight excluding hydrogens is 202 g/mol.